The van der Waals surface area contributed by atoms with Crippen LogP contribution in [-0.4, -0.2) is 11.8 Å². The molecular weight excluding hydrogens is 234 g/mol. The molecule has 100 valence electrons. The van der Waals surface area contributed by atoms with Gasteiger partial charge in [0.05, 0.1) is 0 Å². The number of carbonyl (C=O) groups is 1. The molecule has 0 amide bonds. The molecule has 0 spiro atoms. The summed E-state index contributed by atoms with van der Waals surface area (Å²) >= 11 is 0. The largest absolute Gasteiger partial charge is 0.385 e. The van der Waals surface area contributed by atoms with Gasteiger partial charge in [-0.25, -0.2) is 0 Å². The monoisotopic (exact) mass is 255 g/mol. The number of nitrogens with one attached hydrogen (secondary N) is 1. The third kappa shape index (κ3) is 2.44. The molecule has 1 saturated carbocycles. The molecule has 1 aromatic rings. The Kier molecular flexibility index (Phi) is 3.41. The van der Waals surface area contributed by atoms with Crippen molar-refractivity contribution >= 4 is 5.78 Å². The van der Waals surface area contributed by atoms with E-state index >= 15 is 0 Å². The van der Waals surface area contributed by atoms with E-state index < -0.39 is 0 Å². The quantitative estimate of drug-likeness (QED) is 0.818. The summed E-state index contributed by atoms with van der Waals surface area (Å²) in [6, 6.07) is 8.53. The molecule has 0 radical (unpaired) electrons. The van der Waals surface area contributed by atoms with Gasteiger partial charge in [-0.1, -0.05) is 43.5 Å². The summed E-state index contributed by atoms with van der Waals surface area (Å²) in [5, 5.41) is 3.58. The molecule has 1 aromatic carbocycles. The van der Waals surface area contributed by atoms with Gasteiger partial charge in [0.25, 0.3) is 0 Å². The Balaban J connectivity index is 1.78. The first-order valence-corrected chi connectivity index (χ1v) is 7.34. The first kappa shape index (κ1) is 12.5. The van der Waals surface area contributed by atoms with Crippen LogP contribution in [0, 0.1) is 0 Å². The zero-order valence-electron chi connectivity index (χ0n) is 11.5. The van der Waals surface area contributed by atoms with Crippen molar-refractivity contribution in [3.63, 3.8) is 0 Å². The molecule has 0 unspecified atom stereocenters. The molecule has 2 aliphatic rings. The molecule has 2 aliphatic carbocycles. The van der Waals surface area contributed by atoms with E-state index in [9.17, 15) is 4.79 Å². The number of hydrogen-bond donors (Lipinski definition) is 1. The van der Waals surface area contributed by atoms with Crippen molar-refractivity contribution in [3.05, 3.63) is 46.7 Å². The summed E-state index contributed by atoms with van der Waals surface area (Å²) in [7, 11) is 0. The fourth-order valence-electron chi connectivity index (χ4n) is 3.27. The van der Waals surface area contributed by atoms with Crippen LogP contribution in [0.1, 0.15) is 54.9 Å². The summed E-state index contributed by atoms with van der Waals surface area (Å²) in [4.78, 5) is 12.4. The normalized spacial score (nSPS) is 22.3. The van der Waals surface area contributed by atoms with Gasteiger partial charge in [0.15, 0.2) is 5.78 Å². The van der Waals surface area contributed by atoms with Gasteiger partial charge in [-0.3, -0.25) is 4.79 Å². The van der Waals surface area contributed by atoms with Crippen LogP contribution in [0.25, 0.3) is 0 Å². The van der Waals surface area contributed by atoms with Crippen LogP contribution in [0.4, 0.5) is 0 Å². The number of hydrogen-bond acceptors (Lipinski definition) is 2. The zero-order valence-corrected chi connectivity index (χ0v) is 11.5. The molecule has 1 fully saturated rings. The maximum Gasteiger partial charge on any atom is 0.191 e. The maximum atomic E-state index is 12.4. The van der Waals surface area contributed by atoms with Gasteiger partial charge in [-0.2, -0.15) is 0 Å². The van der Waals surface area contributed by atoms with Crippen LogP contribution in [-0.2, 0) is 6.42 Å². The van der Waals surface area contributed by atoms with E-state index in [-0.39, 0.29) is 5.78 Å². The lowest BCUT2D eigenvalue weighted by Crippen LogP contribution is -2.30. The van der Waals surface area contributed by atoms with Crippen LogP contribution >= 0.6 is 0 Å². The molecule has 1 N–H and O–H groups in total. The van der Waals surface area contributed by atoms with Crippen LogP contribution in [0.3, 0.4) is 0 Å². The second-order valence-corrected chi connectivity index (χ2v) is 5.75. The predicted molar refractivity (Wildman–Crippen MR) is 77.2 cm³/mol. The summed E-state index contributed by atoms with van der Waals surface area (Å²) in [5.74, 6) is 0.219. The van der Waals surface area contributed by atoms with Crippen molar-refractivity contribution in [3.8, 4) is 0 Å². The lowest BCUT2D eigenvalue weighted by Gasteiger charge is -2.24. The number of benzene rings is 1. The topological polar surface area (TPSA) is 29.1 Å². The third-order valence-electron chi connectivity index (χ3n) is 4.38. The number of ketones is 1. The van der Waals surface area contributed by atoms with Crippen LogP contribution in [0.15, 0.2) is 35.5 Å². The van der Waals surface area contributed by atoms with Gasteiger partial charge < -0.3 is 5.32 Å². The van der Waals surface area contributed by atoms with E-state index in [1.54, 1.807) is 0 Å². The predicted octanol–water partition coefficient (Wildman–Crippen LogP) is 3.62. The lowest BCUT2D eigenvalue weighted by atomic mass is 9.95. The van der Waals surface area contributed by atoms with E-state index in [4.69, 9.17) is 0 Å². The molecule has 0 aromatic heterocycles. The maximum absolute atomic E-state index is 12.4. The number of allylic oxidation sites excluding steroid dienone is 2. The number of carbonyl (C=O) groups excluding carboxylic acids is 1. The van der Waals surface area contributed by atoms with Crippen molar-refractivity contribution < 1.29 is 4.79 Å². The lowest BCUT2D eigenvalue weighted by molar-refractivity contribution is 0.103. The molecular formula is C17H21NO. The first-order chi connectivity index (χ1) is 9.25. The summed E-state index contributed by atoms with van der Waals surface area (Å²) in [6.45, 7) is 2.06. The number of Topliss-reactive ketones (excluding diaryl/α,β-unsaturated/α-hetero) is 1. The zero-order chi connectivity index (χ0) is 13.2. The summed E-state index contributed by atoms with van der Waals surface area (Å²) in [6.07, 6.45) is 7.26. The first-order valence-electron chi connectivity index (χ1n) is 7.34. The Hall–Kier alpha value is -1.57. The molecule has 0 heterocycles. The van der Waals surface area contributed by atoms with Crippen molar-refractivity contribution in [1.82, 2.24) is 5.32 Å². The summed E-state index contributed by atoms with van der Waals surface area (Å²) in [5.41, 5.74) is 4.12. The Bertz CT molecular complexity index is 524. The van der Waals surface area contributed by atoms with Gasteiger partial charge in [-0.15, -0.1) is 0 Å². The van der Waals surface area contributed by atoms with Gasteiger partial charge in [-0.05, 0) is 25.3 Å². The highest BCUT2D eigenvalue weighted by Gasteiger charge is 2.26. The molecule has 0 aliphatic heterocycles. The highest BCUT2D eigenvalue weighted by atomic mass is 16.1. The smallest absolute Gasteiger partial charge is 0.191 e. The van der Waals surface area contributed by atoms with Crippen LogP contribution < -0.4 is 5.32 Å². The number of rotatable bonds is 2. The Morgan fingerprint density at radius 3 is 2.63 bits per heavy atom. The Morgan fingerprint density at radius 2 is 1.89 bits per heavy atom. The molecule has 0 saturated heterocycles. The molecule has 2 nitrogen and oxygen atoms in total. The Morgan fingerprint density at radius 1 is 1.16 bits per heavy atom. The van der Waals surface area contributed by atoms with Gasteiger partial charge in [0, 0.05) is 29.3 Å². The van der Waals surface area contributed by atoms with Gasteiger partial charge in [0.1, 0.15) is 0 Å². The minimum absolute atomic E-state index is 0.219. The fraction of sp³-hybridized carbons (Fsp3) is 0.471. The van der Waals surface area contributed by atoms with E-state index in [1.165, 1.54) is 37.7 Å². The van der Waals surface area contributed by atoms with Crippen molar-refractivity contribution in [2.45, 2.75) is 51.5 Å². The van der Waals surface area contributed by atoms with Crippen LogP contribution in [0.2, 0.25) is 0 Å². The number of fused-ring (bicyclic) bond motifs is 1. The van der Waals surface area contributed by atoms with E-state index in [0.717, 1.165) is 23.3 Å². The van der Waals surface area contributed by atoms with E-state index in [1.807, 2.05) is 18.2 Å². The second-order valence-electron chi connectivity index (χ2n) is 5.75. The third-order valence-corrected chi connectivity index (χ3v) is 4.38. The van der Waals surface area contributed by atoms with Crippen LogP contribution in [0.5, 0.6) is 0 Å². The Labute approximate surface area is 114 Å². The van der Waals surface area contributed by atoms with Crippen molar-refractivity contribution in [2.24, 2.45) is 0 Å². The SMILES string of the molecule is C/C(NC1CCCCC1)=C1\Cc2ccccc2C1=O. The van der Waals surface area contributed by atoms with E-state index in [2.05, 4.69) is 18.3 Å². The molecule has 3 rings (SSSR count). The second kappa shape index (κ2) is 5.20. The van der Waals surface area contributed by atoms with E-state index in [0.29, 0.717) is 6.04 Å². The molecule has 0 atom stereocenters. The highest BCUT2D eigenvalue weighted by molar-refractivity contribution is 6.13. The fourth-order valence-corrected chi connectivity index (χ4v) is 3.27. The standard InChI is InChI=1S/C17H21NO/c1-12(18-14-8-3-2-4-9-14)16-11-13-7-5-6-10-15(13)17(16)19/h5-7,10,14,18H,2-4,8-9,11H2,1H3/b16-12-. The minimum atomic E-state index is 0.219. The average Bonchev–Trinajstić information content (AvgIpc) is 2.78. The molecule has 2 heteroatoms. The van der Waals surface area contributed by atoms with Gasteiger partial charge >= 0.3 is 0 Å². The van der Waals surface area contributed by atoms with Crippen molar-refractivity contribution in [2.75, 3.05) is 0 Å². The average molecular weight is 255 g/mol. The summed E-state index contributed by atoms with van der Waals surface area (Å²) < 4.78 is 0. The minimum Gasteiger partial charge on any atom is -0.385 e. The van der Waals surface area contributed by atoms with Crippen molar-refractivity contribution in [1.29, 1.82) is 0 Å². The molecule has 0 bridgehead atoms. The van der Waals surface area contributed by atoms with Gasteiger partial charge in [0.2, 0.25) is 0 Å². The highest BCUT2D eigenvalue weighted by Crippen LogP contribution is 2.28. The molecule has 19 heavy (non-hydrogen) atoms.